The van der Waals surface area contributed by atoms with Crippen molar-refractivity contribution in [3.8, 4) is 6.07 Å². The summed E-state index contributed by atoms with van der Waals surface area (Å²) in [5.74, 6) is -0.673. The second kappa shape index (κ2) is 7.41. The van der Waals surface area contributed by atoms with E-state index in [1.807, 2.05) is 29.2 Å². The van der Waals surface area contributed by atoms with Crippen molar-refractivity contribution in [2.75, 3.05) is 4.90 Å². The van der Waals surface area contributed by atoms with Gasteiger partial charge in [0.05, 0.1) is 17.6 Å². The second-order valence-electron chi connectivity index (χ2n) is 8.51. The molecule has 152 valence electrons. The van der Waals surface area contributed by atoms with E-state index in [4.69, 9.17) is 5.73 Å². The zero-order valence-corrected chi connectivity index (χ0v) is 18.3. The lowest BCUT2D eigenvalue weighted by Crippen LogP contribution is -2.42. The van der Waals surface area contributed by atoms with Crippen molar-refractivity contribution >= 4 is 27.4 Å². The molecule has 1 aliphatic heterocycles. The Hall–Kier alpha value is -2.91. The summed E-state index contributed by atoms with van der Waals surface area (Å²) >= 11 is 3.49. The lowest BCUT2D eigenvalue weighted by atomic mass is 9.68. The van der Waals surface area contributed by atoms with Crippen molar-refractivity contribution in [2.45, 2.75) is 32.6 Å². The number of halogens is 2. The zero-order valence-electron chi connectivity index (χ0n) is 16.7. The van der Waals surface area contributed by atoms with E-state index in [1.54, 1.807) is 12.1 Å². The smallest absolute Gasteiger partial charge is 0.162 e. The van der Waals surface area contributed by atoms with E-state index < -0.39 is 5.92 Å². The number of nitriles is 1. The van der Waals surface area contributed by atoms with E-state index >= 15 is 0 Å². The summed E-state index contributed by atoms with van der Waals surface area (Å²) in [7, 11) is 0. The summed E-state index contributed by atoms with van der Waals surface area (Å²) < 4.78 is 14.4. The fraction of sp³-hybridized carbons (Fsp3) is 0.250. The van der Waals surface area contributed by atoms with Gasteiger partial charge in [0.1, 0.15) is 11.6 Å². The Morgan fingerprint density at radius 2 is 1.90 bits per heavy atom. The highest BCUT2D eigenvalue weighted by Gasteiger charge is 2.44. The van der Waals surface area contributed by atoms with Crippen LogP contribution in [0.4, 0.5) is 10.1 Å². The van der Waals surface area contributed by atoms with E-state index in [0.717, 1.165) is 15.9 Å². The summed E-state index contributed by atoms with van der Waals surface area (Å²) in [6.07, 6.45) is 1.02. The number of carbonyl (C=O) groups excluding carboxylic acids is 1. The van der Waals surface area contributed by atoms with Crippen LogP contribution in [0.15, 0.2) is 75.7 Å². The summed E-state index contributed by atoms with van der Waals surface area (Å²) in [5.41, 5.74) is 9.47. The molecule has 0 amide bonds. The van der Waals surface area contributed by atoms with Crippen LogP contribution in [-0.4, -0.2) is 5.78 Å². The lowest BCUT2D eigenvalue weighted by molar-refractivity contribution is -0.118. The molecule has 1 atom stereocenters. The molecule has 0 fully saturated rings. The summed E-state index contributed by atoms with van der Waals surface area (Å²) in [4.78, 5) is 15.2. The molecule has 4 nitrogen and oxygen atoms in total. The van der Waals surface area contributed by atoms with Crippen LogP contribution in [0.5, 0.6) is 0 Å². The van der Waals surface area contributed by atoms with E-state index in [-0.39, 0.29) is 17.0 Å². The number of allylic oxidation sites excluding steroid dienone is 3. The molecule has 0 bridgehead atoms. The topological polar surface area (TPSA) is 70.1 Å². The Bertz CT molecular complexity index is 1140. The predicted molar refractivity (Wildman–Crippen MR) is 118 cm³/mol. The molecule has 0 unspecified atom stereocenters. The third kappa shape index (κ3) is 3.44. The number of Topliss-reactive ketones (excluding diaryl/α,β-unsaturated/α-hetero) is 1. The molecule has 2 aromatic rings. The maximum atomic E-state index is 13.5. The Morgan fingerprint density at radius 3 is 2.53 bits per heavy atom. The first-order valence-corrected chi connectivity index (χ1v) is 10.5. The number of carbonyl (C=O) groups is 1. The molecular formula is C24H21BrFN3O. The van der Waals surface area contributed by atoms with Crippen molar-refractivity contribution in [2.24, 2.45) is 11.1 Å². The van der Waals surface area contributed by atoms with Gasteiger partial charge in [0.15, 0.2) is 5.78 Å². The fourth-order valence-corrected chi connectivity index (χ4v) is 4.79. The van der Waals surface area contributed by atoms with Gasteiger partial charge in [-0.15, -0.1) is 0 Å². The highest BCUT2D eigenvalue weighted by atomic mass is 79.9. The molecule has 2 N–H and O–H groups in total. The molecule has 0 aromatic heterocycles. The minimum Gasteiger partial charge on any atom is -0.384 e. The number of nitrogens with two attached hydrogens (primary N) is 1. The standard InChI is InChI=1S/C24H21BrFN3O/c1-24(2)11-19-22(20(30)12-24)21(14-6-8-16(26)9-7-14)18(13-27)23(28)29(19)17-5-3-4-15(25)10-17/h3-10,21H,11-12,28H2,1-2H3/t21-/m1/s1. The first kappa shape index (κ1) is 20.4. The molecule has 2 aliphatic rings. The van der Waals surface area contributed by atoms with Gasteiger partial charge in [-0.05, 0) is 47.7 Å². The largest absolute Gasteiger partial charge is 0.384 e. The number of nitrogens with zero attached hydrogens (tertiary/aromatic N) is 2. The normalized spacial score (nSPS) is 20.8. The number of ketones is 1. The Labute approximate surface area is 183 Å². The van der Waals surface area contributed by atoms with Crippen LogP contribution >= 0.6 is 15.9 Å². The van der Waals surface area contributed by atoms with Crippen molar-refractivity contribution in [3.05, 3.63) is 87.0 Å². The Kier molecular flexibility index (Phi) is 5.03. The van der Waals surface area contributed by atoms with Crippen molar-refractivity contribution < 1.29 is 9.18 Å². The monoisotopic (exact) mass is 465 g/mol. The van der Waals surface area contributed by atoms with Gasteiger partial charge >= 0.3 is 0 Å². The molecule has 0 spiro atoms. The van der Waals surface area contributed by atoms with Gasteiger partial charge in [-0.2, -0.15) is 5.26 Å². The van der Waals surface area contributed by atoms with Gasteiger partial charge in [-0.3, -0.25) is 9.69 Å². The molecule has 1 heterocycles. The van der Waals surface area contributed by atoms with Crippen LogP contribution in [0.1, 0.15) is 38.2 Å². The van der Waals surface area contributed by atoms with Crippen LogP contribution in [0.2, 0.25) is 0 Å². The lowest BCUT2D eigenvalue weighted by Gasteiger charge is -2.43. The van der Waals surface area contributed by atoms with E-state index in [9.17, 15) is 14.4 Å². The van der Waals surface area contributed by atoms with E-state index in [0.29, 0.717) is 35.4 Å². The van der Waals surface area contributed by atoms with Crippen LogP contribution in [0, 0.1) is 22.6 Å². The number of benzene rings is 2. The molecular weight excluding hydrogens is 445 g/mol. The molecule has 0 saturated carbocycles. The second-order valence-corrected chi connectivity index (χ2v) is 9.43. The first-order valence-electron chi connectivity index (χ1n) is 9.69. The highest BCUT2D eigenvalue weighted by molar-refractivity contribution is 9.10. The predicted octanol–water partition coefficient (Wildman–Crippen LogP) is 5.53. The molecule has 2 aromatic carbocycles. The van der Waals surface area contributed by atoms with E-state index in [2.05, 4.69) is 35.8 Å². The van der Waals surface area contributed by atoms with Gasteiger partial charge in [-0.25, -0.2) is 4.39 Å². The van der Waals surface area contributed by atoms with Crippen molar-refractivity contribution in [3.63, 3.8) is 0 Å². The average Bonchev–Trinajstić information content (AvgIpc) is 2.67. The minimum atomic E-state index is -0.599. The maximum absolute atomic E-state index is 13.5. The average molecular weight is 466 g/mol. The molecule has 1 aliphatic carbocycles. The summed E-state index contributed by atoms with van der Waals surface area (Å²) in [6, 6.07) is 15.8. The minimum absolute atomic E-state index is 0.00387. The van der Waals surface area contributed by atoms with E-state index in [1.165, 1.54) is 12.1 Å². The Balaban J connectivity index is 2.00. The number of hydrogen-bond acceptors (Lipinski definition) is 4. The van der Waals surface area contributed by atoms with Crippen LogP contribution in [-0.2, 0) is 4.79 Å². The highest BCUT2D eigenvalue weighted by Crippen LogP contribution is 2.50. The molecule has 0 saturated heterocycles. The number of hydrogen-bond donors (Lipinski definition) is 1. The van der Waals surface area contributed by atoms with Gasteiger partial charge in [-0.1, -0.05) is 48.0 Å². The fourth-order valence-electron chi connectivity index (χ4n) is 4.41. The maximum Gasteiger partial charge on any atom is 0.162 e. The van der Waals surface area contributed by atoms with Crippen LogP contribution in [0.3, 0.4) is 0 Å². The van der Waals surface area contributed by atoms with Crippen molar-refractivity contribution in [1.29, 1.82) is 5.26 Å². The quantitative estimate of drug-likeness (QED) is 0.632. The van der Waals surface area contributed by atoms with Crippen molar-refractivity contribution in [1.82, 2.24) is 0 Å². The molecule has 6 heteroatoms. The number of anilines is 1. The summed E-state index contributed by atoms with van der Waals surface area (Å²) in [6.45, 7) is 4.11. The van der Waals surface area contributed by atoms with Gasteiger partial charge in [0.2, 0.25) is 0 Å². The zero-order chi connectivity index (χ0) is 21.6. The molecule has 0 radical (unpaired) electrons. The Morgan fingerprint density at radius 1 is 1.20 bits per heavy atom. The van der Waals surface area contributed by atoms with Gasteiger partial charge in [0, 0.05) is 27.9 Å². The van der Waals surface area contributed by atoms with Crippen LogP contribution < -0.4 is 10.6 Å². The third-order valence-electron chi connectivity index (χ3n) is 5.65. The van der Waals surface area contributed by atoms with Gasteiger partial charge < -0.3 is 5.73 Å². The SMILES string of the molecule is CC1(C)CC(=O)C2=C(C1)N(c1cccc(Br)c1)C(N)=C(C#N)[C@H]2c1ccc(F)cc1. The first-order chi connectivity index (χ1) is 14.2. The molecule has 4 rings (SSSR count). The van der Waals surface area contributed by atoms with Crippen LogP contribution in [0.25, 0.3) is 0 Å². The number of rotatable bonds is 2. The van der Waals surface area contributed by atoms with Gasteiger partial charge in [0.25, 0.3) is 0 Å². The third-order valence-corrected chi connectivity index (χ3v) is 6.14. The molecule has 30 heavy (non-hydrogen) atoms. The summed E-state index contributed by atoms with van der Waals surface area (Å²) in [5, 5.41) is 10.0.